The maximum absolute atomic E-state index is 12.2. The Hall–Kier alpha value is -1.16. The number of thioether (sulfide) groups is 2. The Morgan fingerprint density at radius 1 is 1.59 bits per heavy atom. The fourth-order valence-electron chi connectivity index (χ4n) is 2.10. The van der Waals surface area contributed by atoms with Crippen LogP contribution in [0.5, 0.6) is 5.75 Å². The van der Waals surface area contributed by atoms with Crippen LogP contribution in [0.2, 0.25) is 0 Å². The van der Waals surface area contributed by atoms with E-state index in [1.807, 2.05) is 17.7 Å². The van der Waals surface area contributed by atoms with Gasteiger partial charge in [-0.2, -0.15) is 0 Å². The summed E-state index contributed by atoms with van der Waals surface area (Å²) in [6.07, 6.45) is 1.06. The van der Waals surface area contributed by atoms with E-state index in [4.69, 9.17) is 9.47 Å². The molecule has 0 bridgehead atoms. The van der Waals surface area contributed by atoms with Crippen LogP contribution in [0.3, 0.4) is 0 Å². The highest BCUT2D eigenvalue weighted by Crippen LogP contribution is 2.48. The van der Waals surface area contributed by atoms with E-state index >= 15 is 0 Å². The van der Waals surface area contributed by atoms with E-state index in [0.29, 0.717) is 17.3 Å². The molecule has 1 amide bonds. The third-order valence-electron chi connectivity index (χ3n) is 3.04. The largest absolute Gasteiger partial charge is 0.446 e. The van der Waals surface area contributed by atoms with E-state index < -0.39 is 12.3 Å². The normalized spacial score (nSPS) is 21.5. The van der Waals surface area contributed by atoms with Crippen LogP contribution >= 0.6 is 34.9 Å². The van der Waals surface area contributed by atoms with Crippen molar-refractivity contribution in [3.8, 4) is 5.75 Å². The van der Waals surface area contributed by atoms with E-state index in [0.717, 1.165) is 4.21 Å². The standard InChI is InChI=1S/C13H13NO5S3/c1-6(15)18-11(17)10-12(22-9-5-8(16)14(9)10)19-7-3-4-21-13(7)20-2/h3-4,6,9,15H,5H2,1-2H3/t6-,9-/m1/s1. The molecule has 1 aromatic heterocycles. The highest BCUT2D eigenvalue weighted by molar-refractivity contribution is 8.03. The molecule has 2 atom stereocenters. The molecular weight excluding hydrogens is 346 g/mol. The van der Waals surface area contributed by atoms with Crippen LogP contribution in [-0.4, -0.2) is 39.8 Å². The van der Waals surface area contributed by atoms with Gasteiger partial charge in [-0.1, -0.05) is 11.8 Å². The van der Waals surface area contributed by atoms with Gasteiger partial charge < -0.3 is 14.6 Å². The molecule has 2 aliphatic heterocycles. The van der Waals surface area contributed by atoms with Gasteiger partial charge in [-0.15, -0.1) is 23.1 Å². The van der Waals surface area contributed by atoms with Crippen molar-refractivity contribution in [1.29, 1.82) is 0 Å². The van der Waals surface area contributed by atoms with Crippen molar-refractivity contribution in [2.45, 2.75) is 29.2 Å². The molecule has 1 N–H and O–H groups in total. The van der Waals surface area contributed by atoms with Crippen molar-refractivity contribution in [1.82, 2.24) is 4.90 Å². The van der Waals surface area contributed by atoms with Gasteiger partial charge in [-0.3, -0.25) is 9.69 Å². The van der Waals surface area contributed by atoms with Crippen LogP contribution in [-0.2, 0) is 14.3 Å². The van der Waals surface area contributed by atoms with Crippen LogP contribution < -0.4 is 4.74 Å². The topological polar surface area (TPSA) is 76.1 Å². The van der Waals surface area contributed by atoms with Gasteiger partial charge in [-0.25, -0.2) is 4.79 Å². The molecule has 0 aromatic carbocycles. The van der Waals surface area contributed by atoms with E-state index in [9.17, 15) is 14.7 Å². The number of ether oxygens (including phenoxy) is 2. The molecule has 6 nitrogen and oxygen atoms in total. The van der Waals surface area contributed by atoms with Crippen molar-refractivity contribution < 1.29 is 24.2 Å². The molecular formula is C13H13NO5S3. The minimum atomic E-state index is -1.25. The average Bonchev–Trinajstić information content (AvgIpc) is 3.00. The maximum atomic E-state index is 12.2. The number of rotatable bonds is 5. The van der Waals surface area contributed by atoms with Crippen LogP contribution in [0, 0.1) is 0 Å². The lowest BCUT2D eigenvalue weighted by Gasteiger charge is -2.33. The third kappa shape index (κ3) is 2.73. The number of esters is 1. The number of hydrogen-bond donors (Lipinski definition) is 1. The van der Waals surface area contributed by atoms with Gasteiger partial charge in [0, 0.05) is 0 Å². The first kappa shape index (κ1) is 15.7. The molecule has 1 saturated heterocycles. The number of aliphatic hydroxyl groups excluding tert-OH is 1. The van der Waals surface area contributed by atoms with E-state index in [2.05, 4.69) is 0 Å². The molecule has 0 radical (unpaired) electrons. The SMILES string of the molecule is CSc1sccc1OC1=C(C(=O)O[C@H](C)O)N2C(=O)C[C@H]2S1. The number of carbonyl (C=O) groups is 2. The molecule has 0 saturated carbocycles. The van der Waals surface area contributed by atoms with Gasteiger partial charge in [0.2, 0.25) is 5.91 Å². The molecule has 3 heterocycles. The van der Waals surface area contributed by atoms with E-state index in [-0.39, 0.29) is 17.0 Å². The molecule has 9 heteroatoms. The second-order valence-corrected chi connectivity index (χ2v) is 7.70. The Labute approximate surface area is 139 Å². The lowest BCUT2D eigenvalue weighted by Crippen LogP contribution is -2.48. The average molecular weight is 359 g/mol. The summed E-state index contributed by atoms with van der Waals surface area (Å²) in [6.45, 7) is 1.33. The molecule has 2 aliphatic rings. The van der Waals surface area contributed by atoms with Crippen molar-refractivity contribution in [3.63, 3.8) is 0 Å². The van der Waals surface area contributed by atoms with Gasteiger partial charge in [-0.05, 0) is 24.6 Å². The lowest BCUT2D eigenvalue weighted by molar-refractivity contribution is -0.165. The number of β-lactam (4-membered cyclic amide) rings is 1. The zero-order chi connectivity index (χ0) is 15.9. The van der Waals surface area contributed by atoms with Crippen molar-refractivity contribution in [3.05, 3.63) is 22.2 Å². The minimum absolute atomic E-state index is 0.0744. The summed E-state index contributed by atoms with van der Waals surface area (Å²) in [5, 5.41) is 11.3. The van der Waals surface area contributed by atoms with E-state index in [1.54, 1.807) is 23.1 Å². The molecule has 118 valence electrons. The first-order chi connectivity index (χ1) is 10.5. The third-order valence-corrected chi connectivity index (χ3v) is 6.23. The second-order valence-electron chi connectivity index (χ2n) is 4.56. The van der Waals surface area contributed by atoms with Crippen molar-refractivity contribution in [2.75, 3.05) is 6.26 Å². The Morgan fingerprint density at radius 3 is 3.00 bits per heavy atom. The predicted molar refractivity (Wildman–Crippen MR) is 84.4 cm³/mol. The number of nitrogens with zero attached hydrogens (tertiary/aromatic N) is 1. The predicted octanol–water partition coefficient (Wildman–Crippen LogP) is 2.20. The van der Waals surface area contributed by atoms with Gasteiger partial charge in [0.15, 0.2) is 22.8 Å². The highest BCUT2D eigenvalue weighted by atomic mass is 32.2. The smallest absolute Gasteiger partial charge is 0.361 e. The van der Waals surface area contributed by atoms with Crippen LogP contribution in [0.15, 0.2) is 26.4 Å². The van der Waals surface area contributed by atoms with Crippen LogP contribution in [0.4, 0.5) is 0 Å². The Morgan fingerprint density at radius 2 is 2.36 bits per heavy atom. The summed E-state index contributed by atoms with van der Waals surface area (Å²) in [7, 11) is 0. The van der Waals surface area contributed by atoms with Gasteiger partial charge in [0.1, 0.15) is 4.21 Å². The minimum Gasteiger partial charge on any atom is -0.446 e. The quantitative estimate of drug-likeness (QED) is 0.374. The summed E-state index contributed by atoms with van der Waals surface area (Å²) >= 11 is 4.41. The number of aliphatic hydroxyl groups is 1. The summed E-state index contributed by atoms with van der Waals surface area (Å²) in [6, 6.07) is 1.82. The lowest BCUT2D eigenvalue weighted by atomic mass is 10.2. The monoisotopic (exact) mass is 359 g/mol. The number of fused-ring (bicyclic) bond motifs is 1. The number of amides is 1. The first-order valence-corrected chi connectivity index (χ1v) is 9.41. The number of thiophene rings is 1. The summed E-state index contributed by atoms with van der Waals surface area (Å²) in [4.78, 5) is 25.3. The number of hydrogen-bond acceptors (Lipinski definition) is 8. The molecule has 22 heavy (non-hydrogen) atoms. The highest BCUT2D eigenvalue weighted by Gasteiger charge is 2.50. The Balaban J connectivity index is 1.90. The molecule has 0 aliphatic carbocycles. The van der Waals surface area contributed by atoms with Crippen molar-refractivity contribution in [2.24, 2.45) is 0 Å². The second kappa shape index (κ2) is 6.15. The zero-order valence-corrected chi connectivity index (χ0v) is 14.2. The molecule has 1 fully saturated rings. The summed E-state index contributed by atoms with van der Waals surface area (Å²) < 4.78 is 11.6. The van der Waals surface area contributed by atoms with Crippen LogP contribution in [0.25, 0.3) is 0 Å². The van der Waals surface area contributed by atoms with Gasteiger partial charge in [0.05, 0.1) is 11.8 Å². The molecule has 3 rings (SSSR count). The summed E-state index contributed by atoms with van der Waals surface area (Å²) in [5.74, 6) is -0.254. The van der Waals surface area contributed by atoms with Crippen molar-refractivity contribution >= 4 is 46.7 Å². The fourth-order valence-corrected chi connectivity index (χ4v) is 4.74. The Kier molecular flexibility index (Phi) is 4.40. The maximum Gasteiger partial charge on any atom is 0.361 e. The fraction of sp³-hybridized carbons (Fsp3) is 0.385. The molecule has 0 spiro atoms. The van der Waals surface area contributed by atoms with Gasteiger partial charge in [0.25, 0.3) is 0 Å². The molecule has 0 unspecified atom stereocenters. The van der Waals surface area contributed by atoms with E-state index in [1.165, 1.54) is 23.6 Å². The van der Waals surface area contributed by atoms with Crippen LogP contribution in [0.1, 0.15) is 13.3 Å². The summed E-state index contributed by atoms with van der Waals surface area (Å²) in [5.41, 5.74) is 0.0744. The Bertz CT molecular complexity index is 654. The first-order valence-electron chi connectivity index (χ1n) is 6.42. The van der Waals surface area contributed by atoms with Gasteiger partial charge >= 0.3 is 5.97 Å². The zero-order valence-electron chi connectivity index (χ0n) is 11.8. The number of carbonyl (C=O) groups excluding carboxylic acids is 2. The molecule has 1 aromatic rings.